The third-order valence-corrected chi connectivity index (χ3v) is 5.47. The first-order valence-corrected chi connectivity index (χ1v) is 9.61. The van der Waals surface area contributed by atoms with Gasteiger partial charge in [-0.15, -0.1) is 11.3 Å². The number of rotatable bonds is 6. The molecule has 134 valence electrons. The summed E-state index contributed by atoms with van der Waals surface area (Å²) in [6.45, 7) is 4.57. The van der Waals surface area contributed by atoms with E-state index >= 15 is 0 Å². The van der Waals surface area contributed by atoms with Gasteiger partial charge >= 0.3 is 0 Å². The number of hydrogen-bond acceptors (Lipinski definition) is 6. The zero-order chi connectivity index (χ0) is 17.6. The number of carbonyl (C=O) groups is 1. The minimum atomic E-state index is -0.133. The minimum absolute atomic E-state index is 0.133. The second-order valence-corrected chi connectivity index (χ2v) is 7.23. The molecule has 0 spiro atoms. The second-order valence-electron chi connectivity index (χ2n) is 6.29. The quantitative estimate of drug-likeness (QED) is 0.826. The number of aromatic nitrogens is 2. The lowest BCUT2D eigenvalue weighted by molar-refractivity contribution is 0.0950. The number of anilines is 1. The minimum Gasteiger partial charge on any atom is -0.396 e. The summed E-state index contributed by atoms with van der Waals surface area (Å²) in [5, 5.41) is 15.0. The van der Waals surface area contributed by atoms with Gasteiger partial charge in [0.05, 0.1) is 17.8 Å². The van der Waals surface area contributed by atoms with Gasteiger partial charge in [0.25, 0.3) is 5.91 Å². The van der Waals surface area contributed by atoms with Gasteiger partial charge in [-0.25, -0.2) is 9.97 Å². The van der Waals surface area contributed by atoms with Crippen LogP contribution in [-0.2, 0) is 13.0 Å². The van der Waals surface area contributed by atoms with Crippen LogP contribution >= 0.6 is 11.3 Å². The van der Waals surface area contributed by atoms with Crippen LogP contribution in [0, 0.1) is 5.92 Å². The van der Waals surface area contributed by atoms with Crippen molar-refractivity contribution in [3.8, 4) is 0 Å². The average Bonchev–Trinajstić information content (AvgIpc) is 3.14. The van der Waals surface area contributed by atoms with Crippen molar-refractivity contribution in [1.29, 1.82) is 0 Å². The van der Waals surface area contributed by atoms with Crippen LogP contribution in [0.4, 0.5) is 5.82 Å². The van der Waals surface area contributed by atoms with Crippen molar-refractivity contribution in [2.45, 2.75) is 32.7 Å². The lowest BCUT2D eigenvalue weighted by atomic mass is 9.98. The van der Waals surface area contributed by atoms with Gasteiger partial charge in [0.1, 0.15) is 10.8 Å². The van der Waals surface area contributed by atoms with Crippen molar-refractivity contribution in [2.75, 3.05) is 24.6 Å². The Balaban J connectivity index is 1.53. The molecule has 0 radical (unpaired) electrons. The van der Waals surface area contributed by atoms with Crippen LogP contribution in [0.2, 0.25) is 0 Å². The monoisotopic (exact) mass is 360 g/mol. The zero-order valence-corrected chi connectivity index (χ0v) is 15.3. The lowest BCUT2D eigenvalue weighted by Gasteiger charge is -2.31. The highest BCUT2D eigenvalue weighted by Gasteiger charge is 2.19. The highest BCUT2D eigenvalue weighted by atomic mass is 32.1. The second kappa shape index (κ2) is 8.40. The van der Waals surface area contributed by atoms with E-state index in [0.717, 1.165) is 48.9 Å². The summed E-state index contributed by atoms with van der Waals surface area (Å²) in [5.74, 6) is 1.16. The predicted octanol–water partition coefficient (Wildman–Crippen LogP) is 2.24. The van der Waals surface area contributed by atoms with E-state index in [1.165, 1.54) is 0 Å². The molecule has 0 aliphatic carbocycles. The number of carbonyl (C=O) groups excluding carboxylic acids is 1. The van der Waals surface area contributed by atoms with Gasteiger partial charge in [0.2, 0.25) is 0 Å². The maximum atomic E-state index is 12.2. The Labute approximate surface area is 151 Å². The molecule has 0 unspecified atom stereocenters. The molecular weight excluding hydrogens is 336 g/mol. The van der Waals surface area contributed by atoms with E-state index in [9.17, 15) is 9.90 Å². The van der Waals surface area contributed by atoms with Gasteiger partial charge < -0.3 is 15.3 Å². The van der Waals surface area contributed by atoms with Crippen LogP contribution in [0.5, 0.6) is 0 Å². The number of aryl methyl sites for hydroxylation is 1. The summed E-state index contributed by atoms with van der Waals surface area (Å²) in [4.78, 5) is 23.3. The molecule has 1 amide bonds. The van der Waals surface area contributed by atoms with E-state index in [2.05, 4.69) is 27.1 Å². The highest BCUT2D eigenvalue weighted by Crippen LogP contribution is 2.21. The number of amides is 1. The third kappa shape index (κ3) is 4.55. The van der Waals surface area contributed by atoms with Crippen molar-refractivity contribution < 1.29 is 9.90 Å². The smallest absolute Gasteiger partial charge is 0.253 e. The molecule has 1 aliphatic rings. The number of piperidine rings is 1. The summed E-state index contributed by atoms with van der Waals surface area (Å²) in [7, 11) is 0. The van der Waals surface area contributed by atoms with Crippen molar-refractivity contribution >= 4 is 23.1 Å². The predicted molar refractivity (Wildman–Crippen MR) is 98.9 cm³/mol. The molecule has 1 aliphatic heterocycles. The molecule has 0 aromatic carbocycles. The van der Waals surface area contributed by atoms with Gasteiger partial charge in [-0.1, -0.05) is 6.92 Å². The van der Waals surface area contributed by atoms with Gasteiger partial charge in [0.15, 0.2) is 0 Å². The van der Waals surface area contributed by atoms with E-state index in [1.54, 1.807) is 17.5 Å². The van der Waals surface area contributed by atoms with Crippen molar-refractivity contribution in [3.05, 3.63) is 40.0 Å². The maximum absolute atomic E-state index is 12.2. The molecule has 2 aromatic heterocycles. The van der Waals surface area contributed by atoms with Crippen molar-refractivity contribution in [3.63, 3.8) is 0 Å². The van der Waals surface area contributed by atoms with Gasteiger partial charge in [-0.3, -0.25) is 4.79 Å². The Morgan fingerprint density at radius 3 is 2.80 bits per heavy atom. The van der Waals surface area contributed by atoms with Crippen LogP contribution in [-0.4, -0.2) is 40.7 Å². The summed E-state index contributed by atoms with van der Waals surface area (Å²) in [6.07, 6.45) is 4.50. The summed E-state index contributed by atoms with van der Waals surface area (Å²) in [5.41, 5.74) is 1.62. The summed E-state index contributed by atoms with van der Waals surface area (Å²) in [6, 6.07) is 3.71. The molecule has 7 heteroatoms. The van der Waals surface area contributed by atoms with Gasteiger partial charge in [-0.05, 0) is 37.3 Å². The van der Waals surface area contributed by atoms with Gasteiger partial charge in [0, 0.05) is 31.3 Å². The molecule has 3 rings (SSSR count). The van der Waals surface area contributed by atoms with E-state index in [-0.39, 0.29) is 12.5 Å². The topological polar surface area (TPSA) is 78.4 Å². The Bertz CT molecular complexity index is 693. The molecule has 1 saturated heterocycles. The Morgan fingerprint density at radius 2 is 2.20 bits per heavy atom. The first-order valence-electron chi connectivity index (χ1n) is 8.73. The third-order valence-electron chi connectivity index (χ3n) is 4.57. The van der Waals surface area contributed by atoms with E-state index in [4.69, 9.17) is 0 Å². The fourth-order valence-electron chi connectivity index (χ4n) is 2.90. The fraction of sp³-hybridized carbons (Fsp3) is 0.500. The molecule has 0 bridgehead atoms. The van der Waals surface area contributed by atoms with Crippen LogP contribution in [0.25, 0.3) is 0 Å². The van der Waals surface area contributed by atoms with Crippen molar-refractivity contribution in [2.24, 2.45) is 5.92 Å². The molecule has 0 saturated carbocycles. The molecule has 6 nitrogen and oxygen atoms in total. The zero-order valence-electron chi connectivity index (χ0n) is 14.4. The first kappa shape index (κ1) is 17.8. The lowest BCUT2D eigenvalue weighted by Crippen LogP contribution is -2.35. The Hall–Kier alpha value is -1.99. The molecule has 1 fully saturated rings. The molecular formula is C18H24N4O2S. The molecule has 25 heavy (non-hydrogen) atoms. The summed E-state index contributed by atoms with van der Waals surface area (Å²) < 4.78 is 0. The van der Waals surface area contributed by atoms with E-state index in [1.807, 2.05) is 17.5 Å². The first-order chi connectivity index (χ1) is 12.2. The largest absolute Gasteiger partial charge is 0.396 e. The molecule has 2 N–H and O–H groups in total. The van der Waals surface area contributed by atoms with Crippen LogP contribution in [0.1, 0.15) is 40.8 Å². The Kier molecular flexibility index (Phi) is 5.99. The standard InChI is InChI=1S/C18H24N4O2S/c1-2-15-12-25-17(21-15)10-20-18(24)14-3-4-16(19-9-14)22-7-5-13(11-23)6-8-22/h3-4,9,12-13,23H,2,5-8,10-11H2,1H3,(H,20,24). The molecule has 2 aromatic rings. The van der Waals surface area contributed by atoms with Gasteiger partial charge in [-0.2, -0.15) is 0 Å². The fourth-order valence-corrected chi connectivity index (χ4v) is 3.72. The number of aliphatic hydroxyl groups is 1. The van der Waals surface area contributed by atoms with E-state index in [0.29, 0.717) is 18.0 Å². The average molecular weight is 360 g/mol. The number of hydrogen-bond donors (Lipinski definition) is 2. The maximum Gasteiger partial charge on any atom is 0.253 e. The van der Waals surface area contributed by atoms with Crippen LogP contribution < -0.4 is 10.2 Å². The number of nitrogens with one attached hydrogen (secondary N) is 1. The normalized spacial score (nSPS) is 15.4. The Morgan fingerprint density at radius 1 is 1.40 bits per heavy atom. The number of aliphatic hydroxyl groups excluding tert-OH is 1. The highest BCUT2D eigenvalue weighted by molar-refractivity contribution is 7.09. The van der Waals surface area contributed by atoms with E-state index < -0.39 is 0 Å². The molecule has 3 heterocycles. The number of pyridine rings is 1. The number of thiazole rings is 1. The SMILES string of the molecule is CCc1csc(CNC(=O)c2ccc(N3CCC(CO)CC3)nc2)n1. The van der Waals surface area contributed by atoms with Crippen molar-refractivity contribution in [1.82, 2.24) is 15.3 Å². The van der Waals surface area contributed by atoms with Crippen LogP contribution in [0.15, 0.2) is 23.7 Å². The number of nitrogens with zero attached hydrogens (tertiary/aromatic N) is 3. The van der Waals surface area contributed by atoms with Crippen LogP contribution in [0.3, 0.4) is 0 Å². The summed E-state index contributed by atoms with van der Waals surface area (Å²) >= 11 is 1.57. The molecule has 0 atom stereocenters.